The summed E-state index contributed by atoms with van der Waals surface area (Å²) in [5, 5.41) is 0. The maximum Gasteiger partial charge on any atom is 0.119 e. The average Bonchev–Trinajstić information content (AvgIpc) is 2.95. The van der Waals surface area contributed by atoms with Gasteiger partial charge in [0, 0.05) is 15.9 Å². The lowest BCUT2D eigenvalue weighted by Crippen LogP contribution is -2.01. The summed E-state index contributed by atoms with van der Waals surface area (Å²) < 4.78 is 8.48. The van der Waals surface area contributed by atoms with E-state index < -0.39 is 0 Å². The number of nitrogens with zero attached hydrogens (tertiary/aromatic N) is 2. The fraction of sp³-hybridized carbons (Fsp3) is 0.150. The van der Waals surface area contributed by atoms with Crippen LogP contribution in [0.1, 0.15) is 17.0 Å². The summed E-state index contributed by atoms with van der Waals surface area (Å²) in [4.78, 5) is 4.66. The van der Waals surface area contributed by atoms with Crippen LogP contribution in [-0.4, -0.2) is 17.9 Å². The minimum atomic E-state index is 0.851. The van der Waals surface area contributed by atoms with E-state index >= 15 is 0 Å². The van der Waals surface area contributed by atoms with E-state index in [-0.39, 0.29) is 0 Å². The summed E-state index contributed by atoms with van der Waals surface area (Å²) >= 11 is 3.48. The van der Waals surface area contributed by atoms with Gasteiger partial charge in [-0.25, -0.2) is 0 Å². The first-order valence-electron chi connectivity index (χ1n) is 7.71. The molecule has 24 heavy (non-hydrogen) atoms. The number of hydrogen-bond donors (Lipinski definition) is 0. The maximum atomic E-state index is 5.24. The summed E-state index contributed by atoms with van der Waals surface area (Å²) in [6, 6.07) is 18.3. The Morgan fingerprint density at radius 2 is 1.75 bits per heavy atom. The molecule has 0 unspecified atom stereocenters. The van der Waals surface area contributed by atoms with Crippen molar-refractivity contribution in [2.75, 3.05) is 7.11 Å². The van der Waals surface area contributed by atoms with Crippen LogP contribution in [0.3, 0.4) is 0 Å². The predicted molar refractivity (Wildman–Crippen MR) is 103 cm³/mol. The summed E-state index contributed by atoms with van der Waals surface area (Å²) in [5.41, 5.74) is 5.40. The predicted octanol–water partition coefficient (Wildman–Crippen LogP) is 5.62. The number of hydrogen-bond acceptors (Lipinski definition) is 2. The van der Waals surface area contributed by atoms with Crippen molar-refractivity contribution in [2.45, 2.75) is 13.8 Å². The van der Waals surface area contributed by atoms with Gasteiger partial charge in [-0.15, -0.1) is 0 Å². The molecule has 0 atom stereocenters. The van der Waals surface area contributed by atoms with Crippen LogP contribution in [-0.2, 0) is 0 Å². The van der Waals surface area contributed by atoms with Gasteiger partial charge < -0.3 is 9.30 Å². The van der Waals surface area contributed by atoms with Gasteiger partial charge in [-0.05, 0) is 74.0 Å². The fourth-order valence-electron chi connectivity index (χ4n) is 2.64. The molecule has 1 aromatic heterocycles. The number of ether oxygens (including phenoxy) is 1. The smallest absolute Gasteiger partial charge is 0.119 e. The number of methoxy groups -OCH3 is 1. The van der Waals surface area contributed by atoms with Gasteiger partial charge in [0.2, 0.25) is 0 Å². The molecule has 2 aromatic carbocycles. The third-order valence-electron chi connectivity index (χ3n) is 3.93. The minimum Gasteiger partial charge on any atom is -0.497 e. The summed E-state index contributed by atoms with van der Waals surface area (Å²) in [7, 11) is 1.68. The molecule has 0 spiro atoms. The molecule has 0 amide bonds. The minimum absolute atomic E-state index is 0.851. The van der Waals surface area contributed by atoms with Crippen molar-refractivity contribution in [2.24, 2.45) is 4.99 Å². The van der Waals surface area contributed by atoms with Crippen molar-refractivity contribution in [3.05, 3.63) is 76.0 Å². The van der Waals surface area contributed by atoms with Crippen LogP contribution < -0.4 is 4.74 Å². The van der Waals surface area contributed by atoms with E-state index in [0.29, 0.717) is 0 Å². The first kappa shape index (κ1) is 16.5. The van der Waals surface area contributed by atoms with Gasteiger partial charge in [0.15, 0.2) is 0 Å². The topological polar surface area (TPSA) is 26.5 Å². The molecule has 0 fully saturated rings. The van der Waals surface area contributed by atoms with Gasteiger partial charge in [0.05, 0.1) is 24.7 Å². The van der Waals surface area contributed by atoms with Gasteiger partial charge in [0.1, 0.15) is 5.75 Å². The summed E-state index contributed by atoms with van der Waals surface area (Å²) in [6.45, 7) is 4.15. The molecule has 1 heterocycles. The Balaban J connectivity index is 1.96. The quantitative estimate of drug-likeness (QED) is 0.538. The molecular formula is C20H19BrN2O. The molecule has 0 N–H and O–H groups in total. The van der Waals surface area contributed by atoms with Crippen molar-refractivity contribution in [1.82, 2.24) is 4.57 Å². The molecule has 3 aromatic rings. The second-order valence-corrected chi connectivity index (χ2v) is 6.54. The third-order valence-corrected chi connectivity index (χ3v) is 4.42. The maximum absolute atomic E-state index is 5.24. The van der Waals surface area contributed by atoms with Crippen LogP contribution in [0.4, 0.5) is 5.69 Å². The lowest BCUT2D eigenvalue weighted by molar-refractivity contribution is 0.414. The van der Waals surface area contributed by atoms with Gasteiger partial charge in [0.25, 0.3) is 0 Å². The molecule has 3 nitrogen and oxygen atoms in total. The Bertz CT molecular complexity index is 879. The highest BCUT2D eigenvalue weighted by Gasteiger charge is 2.06. The molecular weight excluding hydrogens is 364 g/mol. The molecule has 0 saturated heterocycles. The van der Waals surface area contributed by atoms with E-state index in [2.05, 4.69) is 57.5 Å². The monoisotopic (exact) mass is 382 g/mol. The first-order valence-corrected chi connectivity index (χ1v) is 8.51. The van der Waals surface area contributed by atoms with Crippen molar-refractivity contribution >= 4 is 27.8 Å². The highest BCUT2D eigenvalue weighted by Crippen LogP contribution is 2.24. The van der Waals surface area contributed by atoms with Crippen LogP contribution in [0, 0.1) is 13.8 Å². The normalized spacial score (nSPS) is 11.2. The molecule has 0 saturated carbocycles. The standard InChI is InChI=1S/C20H19BrN2O/c1-14-12-16(21)5-11-20(14)22-13-18-6-4-15(2)23(18)17-7-9-19(24-3)10-8-17/h4-13H,1-3H3. The Morgan fingerprint density at radius 3 is 2.42 bits per heavy atom. The summed E-state index contributed by atoms with van der Waals surface area (Å²) in [5.74, 6) is 0.851. The van der Waals surface area contributed by atoms with Crippen LogP contribution in [0.15, 0.2) is 64.1 Å². The highest BCUT2D eigenvalue weighted by atomic mass is 79.9. The number of aromatic nitrogens is 1. The number of aliphatic imine (C=N–C) groups is 1. The molecule has 3 rings (SSSR count). The van der Waals surface area contributed by atoms with Crippen molar-refractivity contribution in [3.8, 4) is 11.4 Å². The Morgan fingerprint density at radius 1 is 1.00 bits per heavy atom. The fourth-order valence-corrected chi connectivity index (χ4v) is 3.12. The molecule has 0 radical (unpaired) electrons. The zero-order valence-electron chi connectivity index (χ0n) is 14.0. The van der Waals surface area contributed by atoms with Crippen molar-refractivity contribution in [1.29, 1.82) is 0 Å². The van der Waals surface area contributed by atoms with Gasteiger partial charge in [-0.1, -0.05) is 15.9 Å². The van der Waals surface area contributed by atoms with E-state index in [4.69, 9.17) is 4.74 Å². The Hall–Kier alpha value is -2.33. The van der Waals surface area contributed by atoms with E-state index in [1.807, 2.05) is 42.6 Å². The largest absolute Gasteiger partial charge is 0.497 e. The Kier molecular flexibility index (Phi) is 4.86. The number of benzene rings is 2. The lowest BCUT2D eigenvalue weighted by atomic mass is 10.2. The van der Waals surface area contributed by atoms with Gasteiger partial charge in [-0.3, -0.25) is 4.99 Å². The molecule has 0 bridgehead atoms. The van der Waals surface area contributed by atoms with Gasteiger partial charge in [-0.2, -0.15) is 0 Å². The van der Waals surface area contributed by atoms with E-state index in [0.717, 1.165) is 38.5 Å². The van der Waals surface area contributed by atoms with Crippen LogP contribution in [0.2, 0.25) is 0 Å². The number of rotatable bonds is 4. The average molecular weight is 383 g/mol. The second kappa shape index (κ2) is 7.05. The molecule has 0 aliphatic rings. The molecule has 0 aliphatic carbocycles. The zero-order valence-corrected chi connectivity index (χ0v) is 15.5. The van der Waals surface area contributed by atoms with E-state index in [9.17, 15) is 0 Å². The Labute approximate surface area is 150 Å². The molecule has 0 aliphatic heterocycles. The van der Waals surface area contributed by atoms with Crippen LogP contribution in [0.5, 0.6) is 5.75 Å². The molecule has 4 heteroatoms. The van der Waals surface area contributed by atoms with E-state index in [1.54, 1.807) is 7.11 Å². The number of aryl methyl sites for hydroxylation is 2. The zero-order chi connectivity index (χ0) is 17.1. The van der Waals surface area contributed by atoms with Gasteiger partial charge >= 0.3 is 0 Å². The first-order chi connectivity index (χ1) is 11.6. The van der Waals surface area contributed by atoms with Crippen molar-refractivity contribution < 1.29 is 4.74 Å². The lowest BCUT2D eigenvalue weighted by Gasteiger charge is -2.10. The highest BCUT2D eigenvalue weighted by molar-refractivity contribution is 9.10. The number of halogens is 1. The third kappa shape index (κ3) is 3.44. The van der Waals surface area contributed by atoms with Crippen LogP contribution in [0.25, 0.3) is 5.69 Å². The van der Waals surface area contributed by atoms with E-state index in [1.165, 1.54) is 0 Å². The van der Waals surface area contributed by atoms with Crippen LogP contribution >= 0.6 is 15.9 Å². The summed E-state index contributed by atoms with van der Waals surface area (Å²) in [6.07, 6.45) is 1.91. The SMILES string of the molecule is COc1ccc(-n2c(C)ccc2C=Nc2ccc(Br)cc2C)cc1. The van der Waals surface area contributed by atoms with Crippen molar-refractivity contribution in [3.63, 3.8) is 0 Å². The molecule has 122 valence electrons. The second-order valence-electron chi connectivity index (χ2n) is 5.62.